The minimum Gasteiger partial charge on any atom is -0.497 e. The third-order valence-electron chi connectivity index (χ3n) is 3.80. The van der Waals surface area contributed by atoms with Gasteiger partial charge >= 0.3 is 0 Å². The van der Waals surface area contributed by atoms with Crippen LogP contribution in [0.5, 0.6) is 11.5 Å². The van der Waals surface area contributed by atoms with Crippen molar-refractivity contribution in [3.05, 3.63) is 76.3 Å². The zero-order valence-corrected chi connectivity index (χ0v) is 13.9. The fourth-order valence-electron chi connectivity index (χ4n) is 2.48. The van der Waals surface area contributed by atoms with Crippen molar-refractivity contribution in [1.82, 2.24) is 9.78 Å². The normalized spacial score (nSPS) is 10.5. The summed E-state index contributed by atoms with van der Waals surface area (Å²) in [5, 5.41) is 4.41. The molecule has 0 bridgehead atoms. The van der Waals surface area contributed by atoms with Crippen molar-refractivity contribution >= 4 is 0 Å². The average Bonchev–Trinajstić information content (AvgIpc) is 2.65. The molecule has 0 fully saturated rings. The molecule has 25 heavy (non-hydrogen) atoms. The number of hydrogen-bond donors (Lipinski definition) is 0. The Kier molecular flexibility index (Phi) is 4.79. The molecule has 0 unspecified atom stereocenters. The molecule has 0 atom stereocenters. The molecule has 2 aromatic carbocycles. The lowest BCUT2D eigenvalue weighted by molar-refractivity contribution is 0.395. The lowest BCUT2D eigenvalue weighted by Gasteiger charge is -2.11. The fourth-order valence-corrected chi connectivity index (χ4v) is 2.48. The summed E-state index contributed by atoms with van der Waals surface area (Å²) in [7, 11) is 3.14. The third kappa shape index (κ3) is 3.68. The number of methoxy groups -OCH3 is 2. The van der Waals surface area contributed by atoms with E-state index >= 15 is 0 Å². The van der Waals surface area contributed by atoms with Crippen LogP contribution in [0, 0.1) is 5.82 Å². The van der Waals surface area contributed by atoms with E-state index in [1.165, 1.54) is 22.9 Å². The van der Waals surface area contributed by atoms with Crippen molar-refractivity contribution in [3.8, 4) is 22.8 Å². The summed E-state index contributed by atoms with van der Waals surface area (Å²) >= 11 is 0. The lowest BCUT2D eigenvalue weighted by atomic mass is 10.1. The van der Waals surface area contributed by atoms with Crippen molar-refractivity contribution in [1.29, 1.82) is 0 Å². The first-order chi connectivity index (χ1) is 12.1. The largest absolute Gasteiger partial charge is 0.497 e. The molecule has 0 spiro atoms. The summed E-state index contributed by atoms with van der Waals surface area (Å²) in [4.78, 5) is 12.1. The van der Waals surface area contributed by atoms with Gasteiger partial charge in [-0.2, -0.15) is 5.10 Å². The Labute approximate surface area is 144 Å². The fraction of sp³-hybridized carbons (Fsp3) is 0.158. The summed E-state index contributed by atoms with van der Waals surface area (Å²) in [5.74, 6) is 0.944. The second kappa shape index (κ2) is 7.17. The molecule has 3 rings (SSSR count). The van der Waals surface area contributed by atoms with E-state index in [9.17, 15) is 9.18 Å². The van der Waals surface area contributed by atoms with Gasteiger partial charge in [-0.3, -0.25) is 4.79 Å². The Morgan fingerprint density at radius 3 is 2.44 bits per heavy atom. The van der Waals surface area contributed by atoms with Gasteiger partial charge in [0.25, 0.3) is 5.56 Å². The van der Waals surface area contributed by atoms with Crippen LogP contribution in [0.3, 0.4) is 0 Å². The predicted molar refractivity (Wildman–Crippen MR) is 92.5 cm³/mol. The molecule has 0 saturated carbocycles. The number of halogens is 1. The first-order valence-electron chi connectivity index (χ1n) is 7.65. The maximum absolute atomic E-state index is 13.0. The smallest absolute Gasteiger partial charge is 0.267 e. The maximum atomic E-state index is 13.0. The number of aromatic nitrogens is 2. The van der Waals surface area contributed by atoms with Gasteiger partial charge in [0.15, 0.2) is 0 Å². The Morgan fingerprint density at radius 1 is 1.00 bits per heavy atom. The SMILES string of the molecule is COc1ccc(-c2ccc(=O)n(Cc3ccc(F)cc3)n2)c(OC)c1. The molecule has 3 aromatic rings. The maximum Gasteiger partial charge on any atom is 0.267 e. The number of ether oxygens (including phenoxy) is 2. The highest BCUT2D eigenvalue weighted by Crippen LogP contribution is 2.31. The summed E-state index contributed by atoms with van der Waals surface area (Å²) in [6, 6.07) is 14.5. The molecule has 0 amide bonds. The van der Waals surface area contributed by atoms with Gasteiger partial charge in [-0.1, -0.05) is 12.1 Å². The Hall–Kier alpha value is -3.15. The molecule has 0 saturated heterocycles. The van der Waals surface area contributed by atoms with Crippen molar-refractivity contribution < 1.29 is 13.9 Å². The van der Waals surface area contributed by atoms with Crippen LogP contribution >= 0.6 is 0 Å². The van der Waals surface area contributed by atoms with E-state index in [1.807, 2.05) is 6.07 Å². The summed E-state index contributed by atoms with van der Waals surface area (Å²) < 4.78 is 25.0. The van der Waals surface area contributed by atoms with Gasteiger partial charge in [0, 0.05) is 17.7 Å². The van der Waals surface area contributed by atoms with Crippen molar-refractivity contribution in [2.45, 2.75) is 6.54 Å². The molecule has 5 nitrogen and oxygen atoms in total. The molecular weight excluding hydrogens is 323 g/mol. The van der Waals surface area contributed by atoms with Crippen molar-refractivity contribution in [3.63, 3.8) is 0 Å². The highest BCUT2D eigenvalue weighted by molar-refractivity contribution is 5.68. The number of hydrogen-bond acceptors (Lipinski definition) is 4. The van der Waals surface area contributed by atoms with Crippen LogP contribution in [0.15, 0.2) is 59.4 Å². The van der Waals surface area contributed by atoms with E-state index in [-0.39, 0.29) is 17.9 Å². The molecular formula is C19H17FN2O3. The van der Waals surface area contributed by atoms with E-state index in [0.29, 0.717) is 17.2 Å². The molecule has 128 valence electrons. The monoisotopic (exact) mass is 340 g/mol. The van der Waals surface area contributed by atoms with Gasteiger partial charge in [-0.25, -0.2) is 9.07 Å². The third-order valence-corrected chi connectivity index (χ3v) is 3.80. The van der Waals surface area contributed by atoms with Crippen LogP contribution in [0.25, 0.3) is 11.3 Å². The highest BCUT2D eigenvalue weighted by Gasteiger charge is 2.11. The summed E-state index contributed by atoms with van der Waals surface area (Å²) in [5.41, 5.74) is 1.90. The second-order valence-corrected chi connectivity index (χ2v) is 5.41. The van der Waals surface area contributed by atoms with Gasteiger partial charge in [0.2, 0.25) is 0 Å². The molecule has 0 radical (unpaired) electrons. The predicted octanol–water partition coefficient (Wildman–Crippen LogP) is 3.11. The quantitative estimate of drug-likeness (QED) is 0.716. The Bertz CT molecular complexity index is 936. The highest BCUT2D eigenvalue weighted by atomic mass is 19.1. The first kappa shape index (κ1) is 16.7. The van der Waals surface area contributed by atoms with E-state index in [2.05, 4.69) is 5.10 Å². The second-order valence-electron chi connectivity index (χ2n) is 5.41. The molecule has 1 aromatic heterocycles. The van der Waals surface area contributed by atoms with E-state index in [4.69, 9.17) is 9.47 Å². The minimum absolute atomic E-state index is 0.236. The summed E-state index contributed by atoms with van der Waals surface area (Å²) in [6.45, 7) is 0.255. The van der Waals surface area contributed by atoms with Crippen LogP contribution in [0.1, 0.15) is 5.56 Å². The Balaban J connectivity index is 1.99. The first-order valence-corrected chi connectivity index (χ1v) is 7.65. The van der Waals surface area contributed by atoms with Gasteiger partial charge in [-0.15, -0.1) is 0 Å². The standard InChI is InChI=1S/C19H17FN2O3/c1-24-15-7-8-16(18(11-15)25-2)17-9-10-19(23)22(21-17)12-13-3-5-14(20)6-4-13/h3-11H,12H2,1-2H3. The van der Waals surface area contributed by atoms with E-state index < -0.39 is 0 Å². The van der Waals surface area contributed by atoms with E-state index in [0.717, 1.165) is 11.1 Å². The Morgan fingerprint density at radius 2 is 1.76 bits per heavy atom. The number of benzene rings is 2. The minimum atomic E-state index is -0.319. The summed E-state index contributed by atoms with van der Waals surface area (Å²) in [6.07, 6.45) is 0. The van der Waals surface area contributed by atoms with Crippen LogP contribution in [-0.4, -0.2) is 24.0 Å². The molecule has 0 N–H and O–H groups in total. The van der Waals surface area contributed by atoms with Gasteiger partial charge < -0.3 is 9.47 Å². The average molecular weight is 340 g/mol. The number of nitrogens with zero attached hydrogens (tertiary/aromatic N) is 2. The van der Waals surface area contributed by atoms with Crippen LogP contribution in [0.2, 0.25) is 0 Å². The van der Waals surface area contributed by atoms with Gasteiger partial charge in [0.05, 0.1) is 26.5 Å². The zero-order valence-electron chi connectivity index (χ0n) is 13.9. The van der Waals surface area contributed by atoms with Gasteiger partial charge in [0.1, 0.15) is 17.3 Å². The van der Waals surface area contributed by atoms with Crippen molar-refractivity contribution in [2.75, 3.05) is 14.2 Å². The van der Waals surface area contributed by atoms with Crippen molar-refractivity contribution in [2.24, 2.45) is 0 Å². The number of rotatable bonds is 5. The van der Waals surface area contributed by atoms with Crippen LogP contribution in [-0.2, 0) is 6.54 Å². The molecule has 1 heterocycles. The zero-order chi connectivity index (χ0) is 17.8. The molecule has 6 heteroatoms. The van der Waals surface area contributed by atoms with Crippen LogP contribution < -0.4 is 15.0 Å². The van der Waals surface area contributed by atoms with Gasteiger partial charge in [-0.05, 0) is 35.9 Å². The van der Waals surface area contributed by atoms with E-state index in [1.54, 1.807) is 44.6 Å². The topological polar surface area (TPSA) is 53.4 Å². The lowest BCUT2D eigenvalue weighted by Crippen LogP contribution is -2.22. The molecule has 0 aliphatic heterocycles. The van der Waals surface area contributed by atoms with Crippen LogP contribution in [0.4, 0.5) is 4.39 Å². The molecule has 0 aliphatic rings. The molecule has 0 aliphatic carbocycles.